The molecule has 0 amide bonds. The van der Waals surface area contributed by atoms with Gasteiger partial charge in [-0.3, -0.25) is 0 Å². The first kappa shape index (κ1) is 10.8. The summed E-state index contributed by atoms with van der Waals surface area (Å²) in [7, 11) is 0. The average Bonchev–Trinajstić information content (AvgIpc) is 2.82. The lowest BCUT2D eigenvalue weighted by Gasteiger charge is -2.53. The number of fused-ring (bicyclic) bond motifs is 2. The molecule has 2 saturated carbocycles. The van der Waals surface area contributed by atoms with Gasteiger partial charge in [0, 0.05) is 0 Å². The smallest absolute Gasteiger partial charge is 0.0920 e. The van der Waals surface area contributed by atoms with Gasteiger partial charge in [-0.2, -0.15) is 0 Å². The van der Waals surface area contributed by atoms with Crippen molar-refractivity contribution in [1.82, 2.24) is 0 Å². The predicted molar refractivity (Wildman–Crippen MR) is 66.3 cm³/mol. The molecule has 3 fully saturated rings. The third kappa shape index (κ3) is 1.48. The molecule has 1 heterocycles. The topological polar surface area (TPSA) is 12.5 Å². The standard InChI is InChI=1S/C15H24O/c1-10-5-6-13-15(4,16-13)8-7-12-11(10)9-14(12,2)3/h11-13H,1,5-9H2,2-4H3/t11-,12-,13?,15?/m1/s1. The molecule has 1 heteroatoms. The van der Waals surface area contributed by atoms with Crippen LogP contribution in [0.5, 0.6) is 0 Å². The highest BCUT2D eigenvalue weighted by Gasteiger charge is 2.55. The van der Waals surface area contributed by atoms with Gasteiger partial charge in [-0.05, 0) is 56.3 Å². The van der Waals surface area contributed by atoms with Crippen LogP contribution < -0.4 is 0 Å². The molecular formula is C15H24O. The van der Waals surface area contributed by atoms with E-state index in [1.54, 1.807) is 0 Å². The molecule has 0 aromatic rings. The summed E-state index contributed by atoms with van der Waals surface area (Å²) in [6.07, 6.45) is 6.89. The summed E-state index contributed by atoms with van der Waals surface area (Å²) in [5, 5.41) is 0. The first-order valence-electron chi connectivity index (χ1n) is 6.78. The fourth-order valence-electron chi connectivity index (χ4n) is 4.08. The molecule has 1 aliphatic heterocycles. The summed E-state index contributed by atoms with van der Waals surface area (Å²) in [6, 6.07) is 0. The fraction of sp³-hybridized carbons (Fsp3) is 0.867. The van der Waals surface area contributed by atoms with Crippen molar-refractivity contribution in [3.8, 4) is 0 Å². The molecule has 1 nitrogen and oxygen atoms in total. The summed E-state index contributed by atoms with van der Waals surface area (Å²) in [5.41, 5.74) is 2.27. The van der Waals surface area contributed by atoms with E-state index in [1.165, 1.54) is 37.7 Å². The van der Waals surface area contributed by atoms with Crippen LogP contribution in [0.3, 0.4) is 0 Å². The van der Waals surface area contributed by atoms with Crippen molar-refractivity contribution in [2.75, 3.05) is 0 Å². The Morgan fingerprint density at radius 3 is 2.69 bits per heavy atom. The normalized spacial score (nSPS) is 50.2. The SMILES string of the molecule is C=C1CCC2OC2(C)CC[C@@H]2[C@@H]1CC2(C)C. The zero-order valence-corrected chi connectivity index (χ0v) is 10.9. The van der Waals surface area contributed by atoms with Crippen LogP contribution in [0.1, 0.15) is 52.9 Å². The van der Waals surface area contributed by atoms with E-state index in [9.17, 15) is 0 Å². The second kappa shape index (κ2) is 3.13. The van der Waals surface area contributed by atoms with Crippen LogP contribution in [0.25, 0.3) is 0 Å². The highest BCUT2D eigenvalue weighted by atomic mass is 16.6. The first-order valence-corrected chi connectivity index (χ1v) is 6.78. The number of hydrogen-bond acceptors (Lipinski definition) is 1. The van der Waals surface area contributed by atoms with Crippen LogP contribution in [0.2, 0.25) is 0 Å². The van der Waals surface area contributed by atoms with E-state index in [0.29, 0.717) is 11.5 Å². The summed E-state index contributed by atoms with van der Waals surface area (Å²) >= 11 is 0. The summed E-state index contributed by atoms with van der Waals surface area (Å²) < 4.78 is 5.86. The van der Waals surface area contributed by atoms with E-state index in [2.05, 4.69) is 27.4 Å². The largest absolute Gasteiger partial charge is 0.366 e. The van der Waals surface area contributed by atoms with Crippen molar-refractivity contribution in [2.24, 2.45) is 17.3 Å². The molecule has 0 N–H and O–H groups in total. The van der Waals surface area contributed by atoms with Gasteiger partial charge in [-0.15, -0.1) is 0 Å². The van der Waals surface area contributed by atoms with E-state index < -0.39 is 0 Å². The van der Waals surface area contributed by atoms with Crippen molar-refractivity contribution < 1.29 is 4.74 Å². The van der Waals surface area contributed by atoms with Crippen LogP contribution in [0.4, 0.5) is 0 Å². The molecule has 16 heavy (non-hydrogen) atoms. The number of allylic oxidation sites excluding steroid dienone is 1. The molecule has 0 aromatic carbocycles. The maximum atomic E-state index is 5.86. The van der Waals surface area contributed by atoms with Gasteiger partial charge in [0.25, 0.3) is 0 Å². The minimum Gasteiger partial charge on any atom is -0.366 e. The van der Waals surface area contributed by atoms with Gasteiger partial charge < -0.3 is 4.74 Å². The summed E-state index contributed by atoms with van der Waals surface area (Å²) in [4.78, 5) is 0. The molecule has 0 bridgehead atoms. The number of rotatable bonds is 0. The lowest BCUT2D eigenvalue weighted by atomic mass is 9.52. The number of epoxide rings is 1. The van der Waals surface area contributed by atoms with Crippen LogP contribution >= 0.6 is 0 Å². The Balaban J connectivity index is 1.78. The Kier molecular flexibility index (Phi) is 2.12. The highest BCUT2D eigenvalue weighted by Crippen LogP contribution is 2.59. The Hall–Kier alpha value is -0.300. The van der Waals surface area contributed by atoms with Gasteiger partial charge in [0.15, 0.2) is 0 Å². The lowest BCUT2D eigenvalue weighted by molar-refractivity contribution is -0.00211. The van der Waals surface area contributed by atoms with Gasteiger partial charge in [0.1, 0.15) is 0 Å². The van der Waals surface area contributed by atoms with E-state index in [1.807, 2.05) is 0 Å². The second-order valence-corrected chi connectivity index (χ2v) is 7.06. The van der Waals surface area contributed by atoms with Gasteiger partial charge >= 0.3 is 0 Å². The molecule has 2 aliphatic carbocycles. The van der Waals surface area contributed by atoms with Gasteiger partial charge in [-0.1, -0.05) is 26.0 Å². The van der Waals surface area contributed by atoms with E-state index >= 15 is 0 Å². The van der Waals surface area contributed by atoms with Crippen molar-refractivity contribution in [2.45, 2.75) is 64.6 Å². The molecule has 0 radical (unpaired) electrons. The lowest BCUT2D eigenvalue weighted by Crippen LogP contribution is -2.44. The highest BCUT2D eigenvalue weighted by molar-refractivity contribution is 5.16. The minimum atomic E-state index is 0.223. The molecule has 0 aromatic heterocycles. The maximum Gasteiger partial charge on any atom is 0.0920 e. The quantitative estimate of drug-likeness (QED) is 0.445. The minimum absolute atomic E-state index is 0.223. The maximum absolute atomic E-state index is 5.86. The van der Waals surface area contributed by atoms with Crippen LogP contribution in [-0.2, 0) is 4.74 Å². The number of hydrogen-bond donors (Lipinski definition) is 0. The average molecular weight is 220 g/mol. The Labute approximate surface area is 99.3 Å². The van der Waals surface area contributed by atoms with Crippen molar-refractivity contribution in [1.29, 1.82) is 0 Å². The molecular weight excluding hydrogens is 196 g/mol. The third-order valence-corrected chi connectivity index (χ3v) is 5.47. The van der Waals surface area contributed by atoms with Crippen molar-refractivity contribution in [3.63, 3.8) is 0 Å². The molecule has 0 spiro atoms. The van der Waals surface area contributed by atoms with Crippen LogP contribution in [0, 0.1) is 17.3 Å². The van der Waals surface area contributed by atoms with E-state index in [-0.39, 0.29) is 5.60 Å². The molecule has 3 aliphatic rings. The van der Waals surface area contributed by atoms with E-state index in [0.717, 1.165) is 11.8 Å². The Morgan fingerprint density at radius 1 is 1.25 bits per heavy atom. The summed E-state index contributed by atoms with van der Waals surface area (Å²) in [5.74, 6) is 1.68. The zero-order valence-electron chi connectivity index (χ0n) is 10.9. The number of ether oxygens (including phenoxy) is 1. The monoisotopic (exact) mass is 220 g/mol. The first-order chi connectivity index (χ1) is 7.42. The van der Waals surface area contributed by atoms with Gasteiger partial charge in [0.2, 0.25) is 0 Å². The fourth-order valence-corrected chi connectivity index (χ4v) is 4.08. The van der Waals surface area contributed by atoms with Gasteiger partial charge in [-0.25, -0.2) is 0 Å². The van der Waals surface area contributed by atoms with Crippen molar-refractivity contribution >= 4 is 0 Å². The molecule has 1 saturated heterocycles. The molecule has 2 unspecified atom stereocenters. The van der Waals surface area contributed by atoms with E-state index in [4.69, 9.17) is 4.74 Å². The Bertz CT molecular complexity index is 330. The van der Waals surface area contributed by atoms with Crippen molar-refractivity contribution in [3.05, 3.63) is 12.2 Å². The molecule has 4 atom stereocenters. The third-order valence-electron chi connectivity index (χ3n) is 5.47. The second-order valence-electron chi connectivity index (χ2n) is 7.06. The van der Waals surface area contributed by atoms with Crippen LogP contribution in [-0.4, -0.2) is 11.7 Å². The van der Waals surface area contributed by atoms with Gasteiger partial charge in [0.05, 0.1) is 11.7 Å². The van der Waals surface area contributed by atoms with Crippen LogP contribution in [0.15, 0.2) is 12.2 Å². The summed E-state index contributed by atoms with van der Waals surface area (Å²) in [6.45, 7) is 11.5. The Morgan fingerprint density at radius 2 is 2.00 bits per heavy atom. The molecule has 3 rings (SSSR count). The predicted octanol–water partition coefficient (Wildman–Crippen LogP) is 3.94. The molecule has 90 valence electrons. The zero-order chi connectivity index (χ0) is 11.6.